The normalized spacial score (nSPS) is 32.4. The van der Waals surface area contributed by atoms with Gasteiger partial charge in [-0.25, -0.2) is 0 Å². The topological polar surface area (TPSA) is 58.7 Å². The fourth-order valence-corrected chi connectivity index (χ4v) is 3.09. The van der Waals surface area contributed by atoms with Crippen LogP contribution in [0.3, 0.4) is 0 Å². The Kier molecular flexibility index (Phi) is 4.02. The maximum Gasteiger partial charge on any atom is 0.0936 e. The Balaban J connectivity index is 1.87. The van der Waals surface area contributed by atoms with E-state index in [9.17, 15) is 5.11 Å². The smallest absolute Gasteiger partial charge is 0.0936 e. The number of aliphatic hydroxyl groups excluding tert-OH is 1. The van der Waals surface area contributed by atoms with Crippen molar-refractivity contribution in [3.63, 3.8) is 0 Å². The third kappa shape index (κ3) is 3.61. The average molecular weight is 258 g/mol. The van der Waals surface area contributed by atoms with E-state index >= 15 is 0 Å². The molecule has 17 heavy (non-hydrogen) atoms. The maximum atomic E-state index is 9.19. The Morgan fingerprint density at radius 3 is 2.76 bits per heavy atom. The Labute approximate surface area is 108 Å². The highest BCUT2D eigenvalue weighted by Gasteiger charge is 2.45. The minimum Gasteiger partial charge on any atom is -0.394 e. The van der Waals surface area contributed by atoms with Gasteiger partial charge in [0.1, 0.15) is 0 Å². The number of hydrogen-bond donors (Lipinski definition) is 2. The number of morpholine rings is 1. The van der Waals surface area contributed by atoms with E-state index in [1.165, 1.54) is 12.8 Å². The summed E-state index contributed by atoms with van der Waals surface area (Å²) in [7, 11) is 0. The van der Waals surface area contributed by atoms with Crippen LogP contribution in [-0.4, -0.2) is 53.4 Å². The molecule has 1 saturated carbocycles. The summed E-state index contributed by atoms with van der Waals surface area (Å²) >= 11 is 5.02. The molecule has 0 aromatic rings. The van der Waals surface area contributed by atoms with E-state index in [1.54, 1.807) is 0 Å². The largest absolute Gasteiger partial charge is 0.394 e. The molecule has 1 aliphatic heterocycles. The second-order valence-corrected chi connectivity index (χ2v) is 6.11. The molecule has 2 atom stereocenters. The van der Waals surface area contributed by atoms with Gasteiger partial charge in [-0.2, -0.15) is 0 Å². The molecule has 2 fully saturated rings. The van der Waals surface area contributed by atoms with Gasteiger partial charge in [-0.05, 0) is 25.2 Å². The van der Waals surface area contributed by atoms with Crippen molar-refractivity contribution in [3.05, 3.63) is 0 Å². The summed E-state index contributed by atoms with van der Waals surface area (Å²) in [4.78, 5) is 3.02. The molecular formula is C12H22N2O2S. The minimum atomic E-state index is -0.0422. The van der Waals surface area contributed by atoms with Crippen molar-refractivity contribution in [3.8, 4) is 0 Å². The molecule has 0 aromatic carbocycles. The monoisotopic (exact) mass is 258 g/mol. The van der Waals surface area contributed by atoms with E-state index in [0.717, 1.165) is 26.1 Å². The Hall–Kier alpha value is -0.230. The standard InChI is InChI=1S/C12H22N2O2S/c1-9-5-14(6-10(7-15)16-9)8-12(2-3-12)4-11(13)17/h9-10,15H,2-8H2,1H3,(H2,13,17). The molecule has 0 bridgehead atoms. The summed E-state index contributed by atoms with van der Waals surface area (Å²) in [5, 5.41) is 9.19. The SMILES string of the molecule is CC1CN(CC2(CC(N)=S)CC2)CC(CO)O1. The van der Waals surface area contributed by atoms with Crippen LogP contribution >= 0.6 is 12.2 Å². The van der Waals surface area contributed by atoms with Crippen LogP contribution in [0.25, 0.3) is 0 Å². The number of rotatable bonds is 5. The predicted octanol–water partition coefficient (Wildman–Crippen LogP) is 0.524. The number of thiocarbonyl (C=S) groups is 1. The number of nitrogens with zero attached hydrogens (tertiary/aromatic N) is 1. The van der Waals surface area contributed by atoms with Gasteiger partial charge < -0.3 is 15.6 Å². The van der Waals surface area contributed by atoms with E-state index in [1.807, 2.05) is 0 Å². The molecule has 0 aromatic heterocycles. The summed E-state index contributed by atoms with van der Waals surface area (Å²) < 4.78 is 5.64. The molecule has 1 aliphatic carbocycles. The highest BCUT2D eigenvalue weighted by atomic mass is 32.1. The quantitative estimate of drug-likeness (QED) is 0.704. The second-order valence-electron chi connectivity index (χ2n) is 5.59. The van der Waals surface area contributed by atoms with Gasteiger partial charge in [-0.3, -0.25) is 4.90 Å². The summed E-state index contributed by atoms with van der Waals surface area (Å²) in [6.45, 7) is 4.95. The van der Waals surface area contributed by atoms with Crippen molar-refractivity contribution in [2.75, 3.05) is 26.2 Å². The van der Waals surface area contributed by atoms with Gasteiger partial charge in [0.05, 0.1) is 23.8 Å². The highest BCUT2D eigenvalue weighted by Crippen LogP contribution is 2.49. The van der Waals surface area contributed by atoms with Crippen LogP contribution in [0.5, 0.6) is 0 Å². The average Bonchev–Trinajstić information content (AvgIpc) is 2.95. The highest BCUT2D eigenvalue weighted by molar-refractivity contribution is 7.80. The number of nitrogens with two attached hydrogens (primary N) is 1. The molecule has 2 aliphatic rings. The molecular weight excluding hydrogens is 236 g/mol. The van der Waals surface area contributed by atoms with Crippen molar-refractivity contribution in [2.24, 2.45) is 11.1 Å². The second kappa shape index (κ2) is 5.18. The van der Waals surface area contributed by atoms with Gasteiger partial charge in [-0.1, -0.05) is 12.2 Å². The van der Waals surface area contributed by atoms with E-state index in [4.69, 9.17) is 22.7 Å². The third-order valence-electron chi connectivity index (χ3n) is 3.67. The predicted molar refractivity (Wildman–Crippen MR) is 70.9 cm³/mol. The number of hydrogen-bond acceptors (Lipinski definition) is 4. The van der Waals surface area contributed by atoms with Crippen LogP contribution in [-0.2, 0) is 4.74 Å². The maximum absolute atomic E-state index is 9.19. The first-order valence-electron chi connectivity index (χ1n) is 6.30. The molecule has 1 heterocycles. The van der Waals surface area contributed by atoms with Crippen LogP contribution in [0.2, 0.25) is 0 Å². The van der Waals surface area contributed by atoms with Crippen molar-refractivity contribution in [1.29, 1.82) is 0 Å². The van der Waals surface area contributed by atoms with Crippen molar-refractivity contribution >= 4 is 17.2 Å². The first-order valence-corrected chi connectivity index (χ1v) is 6.71. The molecule has 0 spiro atoms. The molecule has 2 unspecified atom stereocenters. The van der Waals surface area contributed by atoms with Crippen LogP contribution < -0.4 is 5.73 Å². The lowest BCUT2D eigenvalue weighted by molar-refractivity contribution is -0.0985. The van der Waals surface area contributed by atoms with Crippen LogP contribution in [0.15, 0.2) is 0 Å². The lowest BCUT2D eigenvalue weighted by Crippen LogP contribution is -2.49. The zero-order valence-electron chi connectivity index (χ0n) is 10.4. The van der Waals surface area contributed by atoms with Gasteiger partial charge >= 0.3 is 0 Å². The lowest BCUT2D eigenvalue weighted by atomic mass is 10.0. The van der Waals surface area contributed by atoms with Gasteiger partial charge in [0.15, 0.2) is 0 Å². The molecule has 5 heteroatoms. The van der Waals surface area contributed by atoms with E-state index in [-0.39, 0.29) is 18.8 Å². The fraction of sp³-hybridized carbons (Fsp3) is 0.917. The van der Waals surface area contributed by atoms with Gasteiger partial charge in [-0.15, -0.1) is 0 Å². The van der Waals surface area contributed by atoms with Crippen molar-refractivity contribution in [1.82, 2.24) is 4.90 Å². The summed E-state index contributed by atoms with van der Waals surface area (Å²) in [6, 6.07) is 0. The van der Waals surface area contributed by atoms with Gasteiger partial charge in [0.2, 0.25) is 0 Å². The van der Waals surface area contributed by atoms with E-state index < -0.39 is 0 Å². The summed E-state index contributed by atoms with van der Waals surface area (Å²) in [5.74, 6) is 0. The van der Waals surface area contributed by atoms with Crippen molar-refractivity contribution < 1.29 is 9.84 Å². The Bertz CT molecular complexity index is 294. The van der Waals surface area contributed by atoms with Crippen molar-refractivity contribution in [2.45, 2.75) is 38.4 Å². The summed E-state index contributed by atoms with van der Waals surface area (Å²) in [6.07, 6.45) is 3.46. The fourth-order valence-electron chi connectivity index (χ4n) is 2.78. The van der Waals surface area contributed by atoms with Gasteiger partial charge in [0, 0.05) is 26.1 Å². The lowest BCUT2D eigenvalue weighted by Gasteiger charge is -2.38. The molecule has 98 valence electrons. The molecule has 3 N–H and O–H groups in total. The first kappa shape index (κ1) is 13.2. The molecule has 2 rings (SSSR count). The number of aliphatic hydroxyl groups is 1. The minimum absolute atomic E-state index is 0.0422. The Morgan fingerprint density at radius 2 is 2.24 bits per heavy atom. The van der Waals surface area contributed by atoms with E-state index in [0.29, 0.717) is 10.4 Å². The zero-order valence-corrected chi connectivity index (χ0v) is 11.2. The molecule has 0 radical (unpaired) electrons. The van der Waals surface area contributed by atoms with Gasteiger partial charge in [0.25, 0.3) is 0 Å². The van der Waals surface area contributed by atoms with Crippen LogP contribution in [0, 0.1) is 5.41 Å². The summed E-state index contributed by atoms with van der Waals surface area (Å²) in [5.41, 5.74) is 5.98. The van der Waals surface area contributed by atoms with Crippen LogP contribution in [0.4, 0.5) is 0 Å². The first-order chi connectivity index (χ1) is 8.03. The van der Waals surface area contributed by atoms with E-state index in [2.05, 4.69) is 11.8 Å². The molecule has 4 nitrogen and oxygen atoms in total. The van der Waals surface area contributed by atoms with Crippen LogP contribution in [0.1, 0.15) is 26.2 Å². The Morgan fingerprint density at radius 1 is 1.53 bits per heavy atom. The third-order valence-corrected chi connectivity index (χ3v) is 3.82. The molecule has 0 amide bonds. The number of ether oxygens (including phenoxy) is 1. The molecule has 1 saturated heterocycles. The zero-order chi connectivity index (χ0) is 12.5.